The quantitative estimate of drug-likeness (QED) is 0.325. The van der Waals surface area contributed by atoms with Gasteiger partial charge in [-0.2, -0.15) is 0 Å². The summed E-state index contributed by atoms with van der Waals surface area (Å²) in [6.45, 7) is -0.0833. The van der Waals surface area contributed by atoms with Gasteiger partial charge in [0.05, 0.1) is 16.6 Å². The van der Waals surface area contributed by atoms with Gasteiger partial charge in [-0.1, -0.05) is 11.6 Å². The van der Waals surface area contributed by atoms with Gasteiger partial charge in [-0.05, 0) is 41.8 Å². The average Bonchev–Trinajstić information content (AvgIpc) is 3.36. The molecule has 0 fully saturated rings. The molecule has 8 nitrogen and oxygen atoms in total. The van der Waals surface area contributed by atoms with Crippen LogP contribution in [0.1, 0.15) is 16.2 Å². The summed E-state index contributed by atoms with van der Waals surface area (Å²) in [4.78, 5) is 29.1. The van der Waals surface area contributed by atoms with E-state index in [4.69, 9.17) is 16.3 Å². The van der Waals surface area contributed by atoms with Crippen LogP contribution in [0.5, 0.6) is 0 Å². The molecule has 0 aliphatic carbocycles. The lowest BCUT2D eigenvalue weighted by atomic mass is 10.1. The van der Waals surface area contributed by atoms with Crippen LogP contribution in [-0.4, -0.2) is 30.1 Å². The Morgan fingerprint density at radius 1 is 1.21 bits per heavy atom. The maximum absolute atomic E-state index is 12.5. The van der Waals surface area contributed by atoms with Crippen LogP contribution in [0, 0.1) is 0 Å². The van der Waals surface area contributed by atoms with Gasteiger partial charge in [-0.25, -0.2) is 9.78 Å². The van der Waals surface area contributed by atoms with E-state index in [0.29, 0.717) is 38.1 Å². The molecule has 0 N–H and O–H groups in total. The highest BCUT2D eigenvalue weighted by Gasteiger charge is 2.17. The number of halogens is 1. The van der Waals surface area contributed by atoms with Crippen molar-refractivity contribution < 1.29 is 9.53 Å². The first kappa shape index (κ1) is 17.8. The molecule has 5 aromatic rings. The van der Waals surface area contributed by atoms with Crippen molar-refractivity contribution in [3.8, 4) is 0 Å². The second-order valence-electron chi connectivity index (χ2n) is 6.37. The van der Waals surface area contributed by atoms with Crippen molar-refractivity contribution in [2.75, 3.05) is 0 Å². The molecule has 0 saturated heterocycles. The Hall–Kier alpha value is -3.30. The predicted molar refractivity (Wildman–Crippen MR) is 109 cm³/mol. The molecule has 0 aliphatic heterocycles. The predicted octanol–water partition coefficient (Wildman–Crippen LogP) is 3.20. The summed E-state index contributed by atoms with van der Waals surface area (Å²) in [5.41, 5.74) is 1.64. The molecule has 4 heterocycles. The number of aryl methyl sites for hydroxylation is 1. The minimum Gasteiger partial charge on any atom is -0.454 e. The summed E-state index contributed by atoms with van der Waals surface area (Å²) >= 11 is 7.24. The van der Waals surface area contributed by atoms with Gasteiger partial charge in [0, 0.05) is 12.4 Å². The van der Waals surface area contributed by atoms with E-state index in [2.05, 4.69) is 15.2 Å². The van der Waals surface area contributed by atoms with Crippen LogP contribution in [0.4, 0.5) is 0 Å². The summed E-state index contributed by atoms with van der Waals surface area (Å²) in [7, 11) is 1.64. The number of aromatic nitrogens is 5. The zero-order valence-corrected chi connectivity index (χ0v) is 16.6. The number of carbonyl (C=O) groups excluding carboxylic acids is 1. The Balaban J connectivity index is 1.47. The first-order valence-corrected chi connectivity index (χ1v) is 9.82. The Labute approximate surface area is 172 Å². The van der Waals surface area contributed by atoms with Crippen LogP contribution >= 0.6 is 22.9 Å². The molecule has 0 spiro atoms. The number of hydrogen-bond acceptors (Lipinski definition) is 7. The molecule has 10 heteroatoms. The van der Waals surface area contributed by atoms with Crippen molar-refractivity contribution in [3.05, 3.63) is 68.7 Å². The number of esters is 1. The van der Waals surface area contributed by atoms with Gasteiger partial charge in [0.2, 0.25) is 5.78 Å². The van der Waals surface area contributed by atoms with E-state index in [0.717, 1.165) is 5.39 Å². The van der Waals surface area contributed by atoms with E-state index >= 15 is 0 Å². The van der Waals surface area contributed by atoms with Crippen LogP contribution in [-0.2, 0) is 18.4 Å². The van der Waals surface area contributed by atoms with Gasteiger partial charge in [-0.15, -0.1) is 21.5 Å². The second kappa shape index (κ2) is 6.64. The van der Waals surface area contributed by atoms with Crippen LogP contribution in [0.2, 0.25) is 5.15 Å². The fourth-order valence-electron chi connectivity index (χ4n) is 3.19. The zero-order valence-electron chi connectivity index (χ0n) is 15.0. The first-order chi connectivity index (χ1) is 14.0. The van der Waals surface area contributed by atoms with E-state index < -0.39 is 5.97 Å². The lowest BCUT2D eigenvalue weighted by Gasteiger charge is -2.07. The molecule has 4 aromatic heterocycles. The molecule has 0 radical (unpaired) electrons. The number of ether oxygens (including phenoxy) is 1. The lowest BCUT2D eigenvalue weighted by molar-refractivity contribution is 0.0461. The molecule has 0 amide bonds. The number of pyridine rings is 1. The minimum atomic E-state index is -0.495. The summed E-state index contributed by atoms with van der Waals surface area (Å²) < 4.78 is 9.21. The molecule has 1 aromatic carbocycles. The summed E-state index contributed by atoms with van der Waals surface area (Å²) in [6, 6.07) is 10.3. The van der Waals surface area contributed by atoms with Gasteiger partial charge >= 0.3 is 5.97 Å². The SMILES string of the molecule is Cn1c(=O)c2sccc2n2c(COC(=O)c3ccc4nc(Cl)ccc4c3)nnc12. The molecule has 0 saturated carbocycles. The number of carbonyl (C=O) groups is 1. The van der Waals surface area contributed by atoms with Crippen LogP contribution in [0.15, 0.2) is 46.6 Å². The normalized spacial score (nSPS) is 11.5. The van der Waals surface area contributed by atoms with Crippen molar-refractivity contribution >= 4 is 55.8 Å². The van der Waals surface area contributed by atoms with Crippen LogP contribution < -0.4 is 5.56 Å². The monoisotopic (exact) mass is 425 g/mol. The maximum atomic E-state index is 12.5. The second-order valence-corrected chi connectivity index (χ2v) is 7.67. The fraction of sp³-hybridized carbons (Fsp3) is 0.105. The van der Waals surface area contributed by atoms with Crippen molar-refractivity contribution in [2.24, 2.45) is 7.05 Å². The molecule has 5 rings (SSSR count). The summed E-state index contributed by atoms with van der Waals surface area (Å²) in [5.74, 6) is 0.326. The van der Waals surface area contributed by atoms with Gasteiger partial charge in [0.1, 0.15) is 9.85 Å². The molecule has 144 valence electrons. The highest BCUT2D eigenvalue weighted by atomic mass is 35.5. The number of hydrogen-bond donors (Lipinski definition) is 0. The van der Waals surface area contributed by atoms with E-state index in [1.807, 2.05) is 11.4 Å². The average molecular weight is 426 g/mol. The fourth-order valence-corrected chi connectivity index (χ4v) is 4.19. The zero-order chi connectivity index (χ0) is 20.1. The topological polar surface area (TPSA) is 91.4 Å². The maximum Gasteiger partial charge on any atom is 0.338 e. The molecule has 0 bridgehead atoms. The number of fused-ring (bicyclic) bond motifs is 4. The molecular formula is C19H12ClN5O3S. The Morgan fingerprint density at radius 2 is 2.07 bits per heavy atom. The largest absolute Gasteiger partial charge is 0.454 e. The van der Waals surface area contributed by atoms with Gasteiger partial charge in [0.15, 0.2) is 12.4 Å². The molecule has 0 unspecified atom stereocenters. The number of rotatable bonds is 3. The number of benzene rings is 1. The lowest BCUT2D eigenvalue weighted by Crippen LogP contribution is -2.19. The van der Waals surface area contributed by atoms with Crippen molar-refractivity contribution in [1.29, 1.82) is 0 Å². The van der Waals surface area contributed by atoms with Gasteiger partial charge < -0.3 is 4.74 Å². The Kier molecular flexibility index (Phi) is 4.07. The third-order valence-electron chi connectivity index (χ3n) is 4.62. The highest BCUT2D eigenvalue weighted by Crippen LogP contribution is 2.21. The van der Waals surface area contributed by atoms with E-state index in [9.17, 15) is 9.59 Å². The van der Waals surface area contributed by atoms with Gasteiger partial charge in [0.25, 0.3) is 5.56 Å². The number of nitrogens with zero attached hydrogens (tertiary/aromatic N) is 5. The molecular weight excluding hydrogens is 414 g/mol. The van der Waals surface area contributed by atoms with Gasteiger partial charge in [-0.3, -0.25) is 13.8 Å². The Bertz CT molecular complexity index is 1490. The third kappa shape index (κ3) is 2.86. The van der Waals surface area contributed by atoms with E-state index in [1.165, 1.54) is 15.9 Å². The minimum absolute atomic E-state index is 0.0833. The molecule has 0 aliphatic rings. The third-order valence-corrected chi connectivity index (χ3v) is 5.72. The summed E-state index contributed by atoms with van der Waals surface area (Å²) in [6.07, 6.45) is 0. The standard InChI is InChI=1S/C19H12ClN5O3S/c1-24-17(26)16-13(6-7-29-16)25-15(22-23-19(24)25)9-28-18(27)11-2-4-12-10(8-11)3-5-14(20)21-12/h2-8H,9H2,1H3. The first-order valence-electron chi connectivity index (χ1n) is 8.56. The van der Waals surface area contributed by atoms with Crippen molar-refractivity contribution in [2.45, 2.75) is 6.61 Å². The Morgan fingerprint density at radius 3 is 2.93 bits per heavy atom. The van der Waals surface area contributed by atoms with E-state index in [1.54, 1.807) is 41.8 Å². The van der Waals surface area contributed by atoms with Crippen molar-refractivity contribution in [1.82, 2.24) is 24.1 Å². The molecule has 0 atom stereocenters. The summed E-state index contributed by atoms with van der Waals surface area (Å²) in [5, 5.41) is 11.2. The highest BCUT2D eigenvalue weighted by molar-refractivity contribution is 7.17. The van der Waals surface area contributed by atoms with Crippen LogP contribution in [0.3, 0.4) is 0 Å². The van der Waals surface area contributed by atoms with Crippen molar-refractivity contribution in [3.63, 3.8) is 0 Å². The molecule has 29 heavy (non-hydrogen) atoms. The van der Waals surface area contributed by atoms with Crippen LogP contribution in [0.25, 0.3) is 26.9 Å². The van der Waals surface area contributed by atoms with E-state index in [-0.39, 0.29) is 12.2 Å². The smallest absolute Gasteiger partial charge is 0.338 e. The number of thiophene rings is 1.